The molecule has 11 heteroatoms. The van der Waals surface area contributed by atoms with Crippen molar-refractivity contribution < 1.29 is 42.8 Å². The van der Waals surface area contributed by atoms with Crippen LogP contribution in [0.3, 0.4) is 0 Å². The molecule has 1 aromatic rings. The maximum Gasteiger partial charge on any atom is 0.304 e. The van der Waals surface area contributed by atoms with Gasteiger partial charge in [-0.15, -0.1) is 0 Å². The zero-order valence-corrected chi connectivity index (χ0v) is 21.9. The summed E-state index contributed by atoms with van der Waals surface area (Å²) in [5.74, 6) is -3.03. The molecule has 1 aromatic carbocycles. The number of Topliss-reactive ketones (excluding diaryl/α,β-unsaturated/α-hetero) is 1. The summed E-state index contributed by atoms with van der Waals surface area (Å²) < 4.78 is 35.7. The molecule has 200 valence electrons. The lowest BCUT2D eigenvalue weighted by Gasteiger charge is -2.54. The molecule has 6 rings (SSSR count). The third-order valence-electron chi connectivity index (χ3n) is 9.05. The number of benzene rings is 1. The van der Waals surface area contributed by atoms with E-state index in [4.69, 9.17) is 28.4 Å². The van der Waals surface area contributed by atoms with Crippen LogP contribution in [0.15, 0.2) is 12.1 Å². The number of hydrogen-bond donors (Lipinski definition) is 0. The van der Waals surface area contributed by atoms with Crippen LogP contribution in [0.1, 0.15) is 32.3 Å². The zero-order valence-electron chi connectivity index (χ0n) is 21.9. The number of hydrogen-bond acceptors (Lipinski definition) is 10. The van der Waals surface area contributed by atoms with Crippen LogP contribution >= 0.6 is 0 Å². The minimum absolute atomic E-state index is 0.171. The van der Waals surface area contributed by atoms with E-state index >= 15 is 0 Å². The van der Waals surface area contributed by atoms with E-state index in [1.807, 2.05) is 7.05 Å². The molecule has 37 heavy (non-hydrogen) atoms. The van der Waals surface area contributed by atoms with Crippen molar-refractivity contribution >= 4 is 23.3 Å². The number of fused-ring (bicyclic) bond motifs is 2. The van der Waals surface area contributed by atoms with E-state index in [9.17, 15) is 14.4 Å². The minimum Gasteiger partial charge on any atom is -0.493 e. The van der Waals surface area contributed by atoms with Crippen molar-refractivity contribution in [1.29, 1.82) is 0 Å². The third kappa shape index (κ3) is 2.72. The molecule has 7 atom stereocenters. The zero-order chi connectivity index (χ0) is 26.5. The molecule has 0 aromatic heterocycles. The second-order valence-electron chi connectivity index (χ2n) is 10.7. The first-order chi connectivity index (χ1) is 17.6. The predicted octanol–water partition coefficient (Wildman–Crippen LogP) is 1.21. The fourth-order valence-corrected chi connectivity index (χ4v) is 7.53. The highest BCUT2D eigenvalue weighted by Gasteiger charge is 2.84. The molecule has 1 aliphatic carbocycles. The maximum atomic E-state index is 15.0. The highest BCUT2D eigenvalue weighted by Crippen LogP contribution is 2.70. The normalized spacial score (nSPS) is 39.9. The number of carbonyl (C=O) groups is 3. The van der Waals surface area contributed by atoms with Gasteiger partial charge in [-0.2, -0.15) is 0 Å². The molecular formula is C26H32N2O9. The van der Waals surface area contributed by atoms with E-state index in [0.717, 1.165) is 0 Å². The Hall–Kier alpha value is -2.73. The number of carbonyl (C=O) groups excluding carboxylic acids is 3. The monoisotopic (exact) mass is 516 g/mol. The van der Waals surface area contributed by atoms with Crippen LogP contribution in [0.4, 0.5) is 5.69 Å². The van der Waals surface area contributed by atoms with Gasteiger partial charge in [0.2, 0.25) is 5.72 Å². The van der Waals surface area contributed by atoms with Crippen molar-refractivity contribution in [2.24, 2.45) is 11.8 Å². The fraction of sp³-hybridized carbons (Fsp3) is 0.654. The van der Waals surface area contributed by atoms with E-state index in [1.165, 1.54) is 33.2 Å². The summed E-state index contributed by atoms with van der Waals surface area (Å²) >= 11 is 0. The van der Waals surface area contributed by atoms with Crippen molar-refractivity contribution in [2.75, 3.05) is 46.4 Å². The van der Waals surface area contributed by atoms with E-state index in [1.54, 1.807) is 19.1 Å². The van der Waals surface area contributed by atoms with Gasteiger partial charge in [-0.05, 0) is 51.5 Å². The summed E-state index contributed by atoms with van der Waals surface area (Å²) in [5.41, 5.74) is -2.34. The van der Waals surface area contributed by atoms with Gasteiger partial charge in [0.15, 0.2) is 23.1 Å². The van der Waals surface area contributed by atoms with Crippen LogP contribution in [0.2, 0.25) is 0 Å². The Morgan fingerprint density at radius 1 is 1.16 bits per heavy atom. The van der Waals surface area contributed by atoms with Gasteiger partial charge in [-0.25, -0.2) is 0 Å². The first-order valence-corrected chi connectivity index (χ1v) is 12.5. The summed E-state index contributed by atoms with van der Waals surface area (Å²) in [6, 6.07) is 3.49. The Bertz CT molecular complexity index is 1200. The number of esters is 1. The Balaban J connectivity index is 1.75. The van der Waals surface area contributed by atoms with E-state index < -0.39 is 47.1 Å². The van der Waals surface area contributed by atoms with Crippen molar-refractivity contribution in [1.82, 2.24) is 4.90 Å². The molecule has 0 N–H and O–H groups in total. The second-order valence-corrected chi connectivity index (χ2v) is 10.7. The molecule has 1 spiro atoms. The fourth-order valence-electron chi connectivity index (χ4n) is 7.53. The summed E-state index contributed by atoms with van der Waals surface area (Å²) in [5, 5.41) is 0. The molecule has 0 radical (unpaired) electrons. The van der Waals surface area contributed by atoms with Gasteiger partial charge in [-0.1, -0.05) is 6.07 Å². The molecule has 11 nitrogen and oxygen atoms in total. The summed E-state index contributed by atoms with van der Waals surface area (Å²) in [6.07, 6.45) is -1.30. The molecule has 1 amide bonds. The van der Waals surface area contributed by atoms with Crippen LogP contribution in [0, 0.1) is 11.8 Å². The number of anilines is 1. The Morgan fingerprint density at radius 2 is 1.92 bits per heavy atom. The number of rotatable bonds is 4. The highest BCUT2D eigenvalue weighted by atomic mass is 16.7. The lowest BCUT2D eigenvalue weighted by molar-refractivity contribution is -0.243. The standard InChI is InChI=1S/C26H32N2O9/c1-13(29)36-26-21-14-9-11-27(3)12-10-25(26,20(30)17(14)24(2,34-6)37-21)15-7-8-16(32-4)19-18(15)28(26)22(31)23(33-5)35-19/h7-8,14,17,21,23H,9-12H2,1-6H3/t14-,17+,21+,23-,24+,25-,26-/m0/s1. The first-order valence-electron chi connectivity index (χ1n) is 12.5. The predicted molar refractivity (Wildman–Crippen MR) is 127 cm³/mol. The van der Waals surface area contributed by atoms with Gasteiger partial charge in [-0.3, -0.25) is 19.3 Å². The third-order valence-corrected chi connectivity index (χ3v) is 9.05. The van der Waals surface area contributed by atoms with Crippen molar-refractivity contribution in [3.8, 4) is 11.5 Å². The molecule has 4 heterocycles. The summed E-state index contributed by atoms with van der Waals surface area (Å²) in [6.45, 7) is 4.27. The van der Waals surface area contributed by atoms with Crippen molar-refractivity contribution in [3.63, 3.8) is 0 Å². The van der Waals surface area contributed by atoms with Gasteiger partial charge in [0, 0.05) is 27.1 Å². The maximum absolute atomic E-state index is 15.0. The molecule has 0 unspecified atom stereocenters. The largest absolute Gasteiger partial charge is 0.493 e. The van der Waals surface area contributed by atoms with Gasteiger partial charge in [0.1, 0.15) is 11.5 Å². The number of ether oxygens (including phenoxy) is 6. The van der Waals surface area contributed by atoms with Crippen molar-refractivity contribution in [2.45, 2.75) is 56.0 Å². The second kappa shape index (κ2) is 7.89. The summed E-state index contributed by atoms with van der Waals surface area (Å²) in [4.78, 5) is 45.6. The molecule has 3 fully saturated rings. The van der Waals surface area contributed by atoms with E-state index in [-0.39, 0.29) is 17.5 Å². The van der Waals surface area contributed by atoms with Gasteiger partial charge in [0.05, 0.1) is 18.7 Å². The number of amides is 1. The topological polar surface area (TPSA) is 113 Å². The molecule has 2 saturated heterocycles. The lowest BCUT2D eigenvalue weighted by Crippen LogP contribution is -2.76. The molecule has 4 aliphatic heterocycles. The first kappa shape index (κ1) is 24.6. The van der Waals surface area contributed by atoms with Crippen LogP contribution < -0.4 is 14.4 Å². The summed E-state index contributed by atoms with van der Waals surface area (Å²) in [7, 11) is 6.36. The molecule has 1 saturated carbocycles. The number of methoxy groups -OCH3 is 3. The van der Waals surface area contributed by atoms with Gasteiger partial charge in [0.25, 0.3) is 12.2 Å². The average molecular weight is 517 g/mol. The minimum atomic E-state index is -1.81. The van der Waals surface area contributed by atoms with E-state index in [0.29, 0.717) is 42.9 Å². The number of nitrogens with zero attached hydrogens (tertiary/aromatic N) is 2. The highest BCUT2D eigenvalue weighted by molar-refractivity contribution is 6.11. The average Bonchev–Trinajstić information content (AvgIpc) is 3.31. The molecular weight excluding hydrogens is 484 g/mol. The molecule has 5 aliphatic rings. The Labute approximate surface area is 214 Å². The van der Waals surface area contributed by atoms with Crippen LogP contribution in [-0.2, 0) is 38.7 Å². The van der Waals surface area contributed by atoms with Gasteiger partial charge < -0.3 is 33.3 Å². The quantitative estimate of drug-likeness (QED) is 0.541. The van der Waals surface area contributed by atoms with Gasteiger partial charge >= 0.3 is 5.97 Å². The lowest BCUT2D eigenvalue weighted by atomic mass is 9.55. The Kier molecular flexibility index (Phi) is 5.24. The SMILES string of the molecule is COc1ccc2c3c1O[C@H](OC)C(=O)N3[C@]1(OC(C)=O)[C@@H]3O[C@@](C)(OC)[C@H]4C(=O)[C@]21CCN(C)CC[C@H]34. The molecule has 4 bridgehead atoms. The van der Waals surface area contributed by atoms with Crippen LogP contribution in [-0.4, -0.2) is 87.9 Å². The van der Waals surface area contributed by atoms with Crippen molar-refractivity contribution in [3.05, 3.63) is 17.7 Å². The van der Waals surface area contributed by atoms with Crippen LogP contribution in [0.5, 0.6) is 11.5 Å². The van der Waals surface area contributed by atoms with Crippen LogP contribution in [0.25, 0.3) is 0 Å². The Morgan fingerprint density at radius 3 is 2.57 bits per heavy atom. The van der Waals surface area contributed by atoms with E-state index in [2.05, 4.69) is 4.90 Å². The smallest absolute Gasteiger partial charge is 0.304 e. The number of ketones is 1.